The quantitative estimate of drug-likeness (QED) is 0.215. The Balaban J connectivity index is 0. The number of halogens is 3. The van der Waals surface area contributed by atoms with Crippen molar-refractivity contribution in [2.75, 3.05) is 33.1 Å². The summed E-state index contributed by atoms with van der Waals surface area (Å²) in [5, 5.41) is 11.1. The molecule has 0 atom stereocenters. The summed E-state index contributed by atoms with van der Waals surface area (Å²) in [4.78, 5) is 13.1. The fraction of sp³-hybridized carbons (Fsp3) is 0.300. The Morgan fingerprint density at radius 3 is 2.28 bits per heavy atom. The van der Waals surface area contributed by atoms with Gasteiger partial charge < -0.3 is 51.6 Å². The first-order chi connectivity index (χ1) is 11.9. The van der Waals surface area contributed by atoms with E-state index in [0.29, 0.717) is 6.42 Å². The van der Waals surface area contributed by atoms with E-state index in [1.807, 2.05) is 74.1 Å². The minimum Gasteiger partial charge on any atom is -1.00 e. The number of hydrogen-bond donors (Lipinski definition) is 1. The molecule has 0 amide bonds. The van der Waals surface area contributed by atoms with Gasteiger partial charge in [-0.2, -0.15) is 0 Å². The third-order valence-electron chi connectivity index (χ3n) is 4.42. The maximum atomic E-state index is 11.1. The van der Waals surface area contributed by atoms with Gasteiger partial charge in [-0.25, -0.2) is 4.58 Å². The topological polar surface area (TPSA) is 56.7 Å². The number of hydrogen-bond acceptors (Lipinski definition) is 3. The number of aliphatic carboxylic acids is 1. The summed E-state index contributed by atoms with van der Waals surface area (Å²) in [7, 11) is 7.94. The van der Waals surface area contributed by atoms with Gasteiger partial charge in [-0.1, -0.05) is 0 Å². The van der Waals surface area contributed by atoms with Gasteiger partial charge in [0.05, 0.1) is 6.07 Å². The number of carbonyl (C=O) groups is 1. The SMILES string of the molecule is CN(C)c1ccc2c(CCC(=O)O)c3ccc(=[N+](C)C)cc-3oc2c1.[Cl-].[Cl-].[Cl-].[Zn+2]. The maximum absolute atomic E-state index is 11.1. The van der Waals surface area contributed by atoms with Crippen LogP contribution in [-0.4, -0.2) is 39.3 Å². The van der Waals surface area contributed by atoms with Gasteiger partial charge in [-0.15, -0.1) is 0 Å². The molecule has 0 spiro atoms. The average Bonchev–Trinajstić information content (AvgIpc) is 2.57. The molecule has 0 bridgehead atoms. The Kier molecular flexibility index (Phi) is 12.8. The summed E-state index contributed by atoms with van der Waals surface area (Å²) in [6, 6.07) is 12.1. The van der Waals surface area contributed by atoms with Crippen molar-refractivity contribution < 1.29 is 71.0 Å². The van der Waals surface area contributed by atoms with E-state index in [0.717, 1.165) is 38.9 Å². The predicted molar refractivity (Wildman–Crippen MR) is 100 cm³/mol. The largest absolute Gasteiger partial charge is 2.00 e. The van der Waals surface area contributed by atoms with Gasteiger partial charge >= 0.3 is 25.4 Å². The zero-order valence-corrected chi connectivity index (χ0v) is 22.1. The van der Waals surface area contributed by atoms with Crippen LogP contribution in [0, 0.1) is 0 Å². The van der Waals surface area contributed by atoms with Crippen molar-refractivity contribution in [1.29, 1.82) is 0 Å². The molecule has 29 heavy (non-hydrogen) atoms. The minimum absolute atomic E-state index is 0. The van der Waals surface area contributed by atoms with Crippen LogP contribution in [0.4, 0.5) is 5.69 Å². The molecule has 1 aromatic rings. The number of nitrogens with zero attached hydrogens (tertiary/aromatic N) is 2. The second-order valence-corrected chi connectivity index (χ2v) is 6.62. The van der Waals surface area contributed by atoms with Crippen molar-refractivity contribution in [3.63, 3.8) is 0 Å². The normalized spacial score (nSPS) is 9.52. The first-order valence-electron chi connectivity index (χ1n) is 8.26. The standard InChI is InChI=1S/C20H22N2O3.3ClH.Zn/c1-21(2)13-5-7-16-15(9-10-20(23)24)17-8-6-14(22(3)4)12-19(17)25-18(16)11-13;;;;/h5-8,11-12H,9-10H2,1-4H3;3*1H;/q;;;;+2/p-2. The van der Waals surface area contributed by atoms with E-state index < -0.39 is 5.97 Å². The smallest absolute Gasteiger partial charge is 1.00 e. The van der Waals surface area contributed by atoms with Gasteiger partial charge in [-0.05, 0) is 30.2 Å². The summed E-state index contributed by atoms with van der Waals surface area (Å²) >= 11 is 0. The zero-order chi connectivity index (χ0) is 18.1. The van der Waals surface area contributed by atoms with Crippen molar-refractivity contribution in [2.24, 2.45) is 0 Å². The van der Waals surface area contributed by atoms with E-state index in [4.69, 9.17) is 9.52 Å². The molecular formula is C20H23Cl3N2O3Zn. The van der Waals surface area contributed by atoms with E-state index in [1.54, 1.807) is 0 Å². The van der Waals surface area contributed by atoms with Crippen LogP contribution in [-0.2, 0) is 30.7 Å². The van der Waals surface area contributed by atoms with Gasteiger partial charge in [-0.3, -0.25) is 4.79 Å². The third kappa shape index (κ3) is 6.58. The Morgan fingerprint density at radius 1 is 1.07 bits per heavy atom. The van der Waals surface area contributed by atoms with Crippen LogP contribution in [0.3, 0.4) is 0 Å². The molecule has 0 unspecified atom stereocenters. The molecule has 0 aromatic heterocycles. The van der Waals surface area contributed by atoms with E-state index in [9.17, 15) is 4.79 Å². The molecule has 0 radical (unpaired) electrons. The van der Waals surface area contributed by atoms with Gasteiger partial charge in [0.25, 0.3) is 0 Å². The van der Waals surface area contributed by atoms with Crippen LogP contribution >= 0.6 is 0 Å². The molecule has 0 saturated carbocycles. The monoisotopic (exact) mass is 508 g/mol. The van der Waals surface area contributed by atoms with Crippen LogP contribution in [0.25, 0.3) is 22.3 Å². The van der Waals surface area contributed by atoms with Gasteiger partial charge in [0.2, 0.25) is 5.36 Å². The summed E-state index contributed by atoms with van der Waals surface area (Å²) in [5.74, 6) is -0.0214. The number of fused-ring (bicyclic) bond motifs is 2. The summed E-state index contributed by atoms with van der Waals surface area (Å²) in [5.41, 5.74) is 3.81. The number of carboxylic acid groups (broad SMARTS) is 1. The van der Waals surface area contributed by atoms with Gasteiger partial charge in [0, 0.05) is 49.3 Å². The molecule has 1 aliphatic heterocycles. The summed E-state index contributed by atoms with van der Waals surface area (Å²) < 4.78 is 8.19. The average molecular weight is 511 g/mol. The molecule has 3 rings (SSSR count). The number of anilines is 1. The van der Waals surface area contributed by atoms with Crippen LogP contribution in [0.5, 0.6) is 0 Å². The Labute approximate surface area is 202 Å². The molecular weight excluding hydrogens is 488 g/mol. The van der Waals surface area contributed by atoms with Crippen molar-refractivity contribution in [2.45, 2.75) is 12.8 Å². The fourth-order valence-corrected chi connectivity index (χ4v) is 3.01. The Bertz CT molecular complexity index is 1000. The first-order valence-corrected chi connectivity index (χ1v) is 8.26. The van der Waals surface area contributed by atoms with Crippen molar-refractivity contribution in [1.82, 2.24) is 4.58 Å². The van der Waals surface area contributed by atoms with Crippen molar-refractivity contribution in [3.8, 4) is 11.3 Å². The van der Waals surface area contributed by atoms with E-state index in [2.05, 4.69) is 0 Å². The molecule has 1 aliphatic carbocycles. The van der Waals surface area contributed by atoms with Crippen LogP contribution in [0.15, 0.2) is 40.8 Å². The molecule has 0 fully saturated rings. The molecule has 2 aliphatic rings. The van der Waals surface area contributed by atoms with E-state index >= 15 is 0 Å². The van der Waals surface area contributed by atoms with E-state index in [1.165, 1.54) is 0 Å². The number of benzene rings is 2. The molecule has 1 heterocycles. The second-order valence-electron chi connectivity index (χ2n) is 6.62. The first kappa shape index (κ1) is 29.9. The maximum Gasteiger partial charge on any atom is 2.00 e. The molecule has 154 valence electrons. The van der Waals surface area contributed by atoms with Crippen LogP contribution in [0.2, 0.25) is 0 Å². The summed E-state index contributed by atoms with van der Waals surface area (Å²) in [6.45, 7) is 0. The fourth-order valence-electron chi connectivity index (χ4n) is 3.01. The summed E-state index contributed by atoms with van der Waals surface area (Å²) in [6.07, 6.45) is 0.570. The Hall–Kier alpha value is -1.33. The minimum atomic E-state index is -0.795. The van der Waals surface area contributed by atoms with Crippen molar-refractivity contribution in [3.05, 3.63) is 47.3 Å². The number of rotatable bonds is 4. The molecule has 1 aromatic carbocycles. The second kappa shape index (κ2) is 12.4. The Morgan fingerprint density at radius 2 is 1.72 bits per heavy atom. The number of carboxylic acids is 1. The van der Waals surface area contributed by atoms with Gasteiger partial charge in [0.15, 0.2) is 0 Å². The van der Waals surface area contributed by atoms with Crippen molar-refractivity contribution >= 4 is 22.6 Å². The van der Waals surface area contributed by atoms with Crippen LogP contribution < -0.4 is 52.1 Å². The van der Waals surface area contributed by atoms with Crippen LogP contribution in [0.1, 0.15) is 12.0 Å². The zero-order valence-electron chi connectivity index (χ0n) is 16.9. The molecule has 1 N–H and O–H groups in total. The molecule has 5 nitrogen and oxygen atoms in total. The molecule has 9 heteroatoms. The van der Waals surface area contributed by atoms with E-state index in [-0.39, 0.29) is 63.1 Å². The van der Waals surface area contributed by atoms with Gasteiger partial charge in [0.1, 0.15) is 25.4 Å². The predicted octanol–water partition coefficient (Wildman–Crippen LogP) is -6.34. The number of aryl methyl sites for hydroxylation is 1. The third-order valence-corrected chi connectivity index (χ3v) is 4.42. The molecule has 0 saturated heterocycles.